The van der Waals surface area contributed by atoms with Crippen LogP contribution in [0.15, 0.2) is 46.7 Å². The van der Waals surface area contributed by atoms with E-state index in [0.29, 0.717) is 22.6 Å². The first-order chi connectivity index (χ1) is 20.6. The molecule has 2 aromatic rings. The average molecular weight is 820 g/mol. The molecule has 43 heavy (non-hydrogen) atoms. The van der Waals surface area contributed by atoms with Crippen molar-refractivity contribution < 1.29 is 42.9 Å². The van der Waals surface area contributed by atoms with Gasteiger partial charge in [0.1, 0.15) is 5.75 Å². The Bertz CT molecular complexity index is 1420. The molecule has 0 saturated heterocycles. The summed E-state index contributed by atoms with van der Waals surface area (Å²) in [5.74, 6) is -0.423. The summed E-state index contributed by atoms with van der Waals surface area (Å²) in [5, 5.41) is 9.29. The van der Waals surface area contributed by atoms with Crippen molar-refractivity contribution in [2.45, 2.75) is 26.8 Å². The first kappa shape index (κ1) is 33.9. The number of rotatable bonds is 13. The zero-order chi connectivity index (χ0) is 31.5. The third kappa shape index (κ3) is 9.44. The number of nitrogens with one attached hydrogen (secondary N) is 3. The van der Waals surface area contributed by atoms with Crippen LogP contribution >= 0.6 is 45.2 Å². The molecular formula is C28H30I2N4O9. The quantitative estimate of drug-likeness (QED) is 0.119. The number of carbonyl (C=O) groups is 4. The van der Waals surface area contributed by atoms with Gasteiger partial charge in [0.25, 0.3) is 5.91 Å². The number of halogens is 2. The number of nitrogens with zero attached hydrogens (tertiary/aromatic N) is 1. The number of urea groups is 1. The molecule has 0 spiro atoms. The number of hydrogen-bond acceptors (Lipinski definition) is 10. The Morgan fingerprint density at radius 1 is 1.00 bits per heavy atom. The Kier molecular flexibility index (Phi) is 12.8. The summed E-state index contributed by atoms with van der Waals surface area (Å²) >= 11 is 4.17. The number of amides is 3. The van der Waals surface area contributed by atoms with Crippen LogP contribution in [0.4, 0.5) is 4.79 Å². The largest absolute Gasteiger partial charge is 0.493 e. The lowest BCUT2D eigenvalue weighted by molar-refractivity contribution is -0.145. The Morgan fingerprint density at radius 3 is 2.35 bits per heavy atom. The van der Waals surface area contributed by atoms with Crippen LogP contribution in [0.2, 0.25) is 0 Å². The van der Waals surface area contributed by atoms with E-state index in [1.54, 1.807) is 51.1 Å². The molecular weight excluding hydrogens is 790 g/mol. The molecule has 1 atom stereocenters. The molecule has 2 aromatic carbocycles. The maximum atomic E-state index is 12.6. The minimum absolute atomic E-state index is 0.177. The number of carbonyl (C=O) groups excluding carboxylic acids is 4. The van der Waals surface area contributed by atoms with Gasteiger partial charge >= 0.3 is 18.0 Å². The van der Waals surface area contributed by atoms with Crippen molar-refractivity contribution in [2.24, 2.45) is 5.10 Å². The molecule has 1 aliphatic rings. The van der Waals surface area contributed by atoms with Crippen LogP contribution in [0.3, 0.4) is 0 Å². The molecule has 3 amide bonds. The lowest BCUT2D eigenvalue weighted by Gasteiger charge is -2.28. The second kappa shape index (κ2) is 16.3. The van der Waals surface area contributed by atoms with Crippen molar-refractivity contribution in [3.05, 3.63) is 59.9 Å². The van der Waals surface area contributed by atoms with Crippen LogP contribution in [-0.2, 0) is 23.9 Å². The highest BCUT2D eigenvalue weighted by Gasteiger charge is 2.32. The summed E-state index contributed by atoms with van der Waals surface area (Å²) in [7, 11) is 1.43. The molecule has 3 N–H and O–H groups in total. The normalized spacial score (nSPS) is 14.5. The third-order valence-electron chi connectivity index (χ3n) is 5.71. The van der Waals surface area contributed by atoms with Gasteiger partial charge in [0.2, 0.25) is 0 Å². The Morgan fingerprint density at radius 2 is 1.70 bits per heavy atom. The predicted molar refractivity (Wildman–Crippen MR) is 172 cm³/mol. The van der Waals surface area contributed by atoms with Gasteiger partial charge in [-0.3, -0.25) is 4.79 Å². The van der Waals surface area contributed by atoms with Crippen molar-refractivity contribution in [1.29, 1.82) is 0 Å². The Labute approximate surface area is 275 Å². The molecule has 15 heteroatoms. The molecule has 1 aliphatic heterocycles. The van der Waals surface area contributed by atoms with Crippen molar-refractivity contribution in [3.8, 4) is 17.2 Å². The predicted octanol–water partition coefficient (Wildman–Crippen LogP) is 3.57. The van der Waals surface area contributed by atoms with Crippen molar-refractivity contribution in [3.63, 3.8) is 0 Å². The van der Waals surface area contributed by atoms with Crippen molar-refractivity contribution in [2.75, 3.05) is 33.5 Å². The minimum Gasteiger partial charge on any atom is -0.493 e. The molecule has 0 bridgehead atoms. The SMILES string of the molecule is CCOC(=O)COc1c(I)cc(/C=N\NC(=O)COc2ccc([C@@H]3NC(=O)NC(C)=C3C(=O)OCC)cc2OC)cc1I. The Hall–Kier alpha value is -3.61. The average Bonchev–Trinajstić information content (AvgIpc) is 2.95. The molecule has 0 radical (unpaired) electrons. The number of allylic oxidation sites excluding steroid dienone is 1. The molecule has 3 rings (SSSR count). The molecule has 0 aromatic heterocycles. The van der Waals surface area contributed by atoms with E-state index in [-0.39, 0.29) is 43.5 Å². The number of ether oxygens (including phenoxy) is 5. The van der Waals surface area contributed by atoms with Gasteiger partial charge in [0.15, 0.2) is 24.7 Å². The fourth-order valence-corrected chi connectivity index (χ4v) is 6.01. The zero-order valence-corrected chi connectivity index (χ0v) is 28.1. The summed E-state index contributed by atoms with van der Waals surface area (Å²) < 4.78 is 28.2. The number of esters is 2. The van der Waals surface area contributed by atoms with E-state index in [2.05, 4.69) is 66.3 Å². The van der Waals surface area contributed by atoms with Gasteiger partial charge in [-0.2, -0.15) is 5.10 Å². The lowest BCUT2D eigenvalue weighted by Crippen LogP contribution is -2.45. The van der Waals surface area contributed by atoms with Gasteiger partial charge in [0, 0.05) is 5.70 Å². The summed E-state index contributed by atoms with van der Waals surface area (Å²) in [5.41, 5.74) is 4.30. The molecule has 0 saturated carbocycles. The van der Waals surface area contributed by atoms with E-state index in [4.69, 9.17) is 23.7 Å². The highest BCUT2D eigenvalue weighted by atomic mass is 127. The summed E-state index contributed by atoms with van der Waals surface area (Å²) in [6, 6.07) is 7.17. The number of benzene rings is 2. The highest BCUT2D eigenvalue weighted by molar-refractivity contribution is 14.1. The van der Waals surface area contributed by atoms with Crippen molar-refractivity contribution in [1.82, 2.24) is 16.1 Å². The van der Waals surface area contributed by atoms with Gasteiger partial charge in [-0.05, 0) is 101 Å². The van der Waals surface area contributed by atoms with Gasteiger partial charge in [-0.1, -0.05) is 6.07 Å². The first-order valence-corrected chi connectivity index (χ1v) is 15.1. The van der Waals surface area contributed by atoms with Crippen LogP contribution in [-0.4, -0.2) is 63.6 Å². The van der Waals surface area contributed by atoms with Crippen LogP contribution in [0, 0.1) is 7.14 Å². The third-order valence-corrected chi connectivity index (χ3v) is 7.31. The van der Waals surface area contributed by atoms with E-state index >= 15 is 0 Å². The van der Waals surface area contributed by atoms with E-state index in [9.17, 15) is 19.2 Å². The summed E-state index contributed by atoms with van der Waals surface area (Å²) in [6.07, 6.45) is 1.47. The topological polar surface area (TPSA) is 163 Å². The minimum atomic E-state index is -0.780. The fraction of sp³-hybridized carbons (Fsp3) is 0.321. The molecule has 1 heterocycles. The number of hydrogen-bond donors (Lipinski definition) is 3. The second-order valence-electron chi connectivity index (χ2n) is 8.69. The second-order valence-corrected chi connectivity index (χ2v) is 11.0. The van der Waals surface area contributed by atoms with Crippen LogP contribution < -0.4 is 30.3 Å². The monoisotopic (exact) mass is 820 g/mol. The molecule has 13 nitrogen and oxygen atoms in total. The number of methoxy groups -OCH3 is 1. The maximum absolute atomic E-state index is 12.6. The van der Waals surface area contributed by atoms with Gasteiger partial charge in [0.05, 0.1) is 45.3 Å². The van der Waals surface area contributed by atoms with E-state index in [1.165, 1.54) is 13.3 Å². The standard InChI is InChI=1S/C28H30I2N4O9/c1-5-40-23(36)14-43-26-18(29)9-16(10-19(26)30)12-31-34-22(35)13-42-20-8-7-17(11-21(20)39-4)25-24(27(37)41-6-2)15(3)32-28(38)33-25/h7-12,25H,5-6,13-14H2,1-4H3,(H,34,35)(H2,32,33,38)/b31-12-/t25-/m0/s1. The summed E-state index contributed by atoms with van der Waals surface area (Å²) in [4.78, 5) is 48.7. The molecule has 230 valence electrons. The van der Waals surface area contributed by atoms with Crippen LogP contribution in [0.25, 0.3) is 0 Å². The lowest BCUT2D eigenvalue weighted by atomic mass is 9.95. The molecule has 0 unspecified atom stereocenters. The van der Waals surface area contributed by atoms with E-state index in [1.807, 2.05) is 0 Å². The van der Waals surface area contributed by atoms with E-state index in [0.717, 1.165) is 7.14 Å². The highest BCUT2D eigenvalue weighted by Crippen LogP contribution is 2.34. The Balaban J connectivity index is 1.62. The maximum Gasteiger partial charge on any atom is 0.344 e. The molecule has 0 fully saturated rings. The smallest absolute Gasteiger partial charge is 0.344 e. The summed E-state index contributed by atoms with van der Waals surface area (Å²) in [6.45, 7) is 4.93. The van der Waals surface area contributed by atoms with E-state index < -0.39 is 29.9 Å². The van der Waals surface area contributed by atoms with Crippen LogP contribution in [0.5, 0.6) is 17.2 Å². The first-order valence-electron chi connectivity index (χ1n) is 12.9. The van der Waals surface area contributed by atoms with Gasteiger partial charge in [-0.15, -0.1) is 0 Å². The van der Waals surface area contributed by atoms with Gasteiger partial charge in [-0.25, -0.2) is 19.8 Å². The molecule has 0 aliphatic carbocycles. The van der Waals surface area contributed by atoms with Crippen LogP contribution in [0.1, 0.15) is 37.9 Å². The zero-order valence-electron chi connectivity index (χ0n) is 23.7. The number of hydrazone groups is 1. The van der Waals surface area contributed by atoms with Gasteiger partial charge < -0.3 is 34.3 Å². The van der Waals surface area contributed by atoms with Crippen molar-refractivity contribution >= 4 is 75.3 Å². The fourth-order valence-electron chi connectivity index (χ4n) is 3.89.